The van der Waals surface area contributed by atoms with E-state index in [0.29, 0.717) is 0 Å². The molecule has 1 aromatic heterocycles. The number of rotatable bonds is 6. The Morgan fingerprint density at radius 3 is 1.79 bits per heavy atom. The van der Waals surface area contributed by atoms with Gasteiger partial charge in [0.2, 0.25) is 0 Å². The number of benzene rings is 9. The monoisotopic (exact) mass is 728 g/mol. The van der Waals surface area contributed by atoms with Gasteiger partial charge in [0, 0.05) is 38.9 Å². The first-order valence-corrected chi connectivity index (χ1v) is 19.8. The van der Waals surface area contributed by atoms with Crippen LogP contribution in [-0.4, -0.2) is 4.57 Å². The van der Waals surface area contributed by atoms with Gasteiger partial charge in [-0.1, -0.05) is 153 Å². The largest absolute Gasteiger partial charge is 0.310 e. The second-order valence-electron chi connectivity index (χ2n) is 15.8. The lowest BCUT2D eigenvalue weighted by atomic mass is 9.82. The first-order valence-electron chi connectivity index (χ1n) is 19.8. The summed E-state index contributed by atoms with van der Waals surface area (Å²) in [5, 5.41) is 5.05. The van der Waals surface area contributed by atoms with Crippen molar-refractivity contribution in [3.63, 3.8) is 0 Å². The summed E-state index contributed by atoms with van der Waals surface area (Å²) in [6.45, 7) is 4.73. The Balaban J connectivity index is 1.06. The van der Waals surface area contributed by atoms with E-state index in [1.165, 1.54) is 77.1 Å². The number of nitrogens with zero attached hydrogens (tertiary/aromatic N) is 2. The number of hydrogen-bond acceptors (Lipinski definition) is 1. The van der Waals surface area contributed by atoms with Crippen LogP contribution in [0.25, 0.3) is 71.6 Å². The Bertz CT molecular complexity index is 3130. The summed E-state index contributed by atoms with van der Waals surface area (Å²) >= 11 is 0. The van der Waals surface area contributed by atoms with Gasteiger partial charge in [-0.05, 0) is 122 Å². The molecule has 0 saturated carbocycles. The van der Waals surface area contributed by atoms with Crippen LogP contribution >= 0.6 is 0 Å². The Kier molecular flexibility index (Phi) is 7.55. The van der Waals surface area contributed by atoms with Crippen LogP contribution in [0.5, 0.6) is 0 Å². The van der Waals surface area contributed by atoms with Crippen molar-refractivity contribution in [2.24, 2.45) is 0 Å². The van der Waals surface area contributed by atoms with Crippen LogP contribution in [0.2, 0.25) is 0 Å². The highest BCUT2D eigenvalue weighted by Gasteiger charge is 2.36. The second-order valence-corrected chi connectivity index (χ2v) is 15.8. The van der Waals surface area contributed by atoms with Crippen LogP contribution in [0.1, 0.15) is 25.0 Å². The van der Waals surface area contributed by atoms with Gasteiger partial charge in [0.05, 0.1) is 11.0 Å². The molecular weight excluding hydrogens is 689 g/mol. The third-order valence-electron chi connectivity index (χ3n) is 12.2. The maximum atomic E-state index is 2.47. The third kappa shape index (κ3) is 5.40. The van der Waals surface area contributed by atoms with E-state index in [-0.39, 0.29) is 5.41 Å². The second kappa shape index (κ2) is 13.0. The number of fused-ring (bicyclic) bond motifs is 7. The summed E-state index contributed by atoms with van der Waals surface area (Å²) in [5.41, 5.74) is 17.0. The number of para-hydroxylation sites is 1. The molecule has 0 amide bonds. The Morgan fingerprint density at radius 1 is 0.368 bits per heavy atom. The van der Waals surface area contributed by atoms with Gasteiger partial charge < -0.3 is 9.47 Å². The van der Waals surface area contributed by atoms with Crippen molar-refractivity contribution in [1.29, 1.82) is 0 Å². The minimum Gasteiger partial charge on any atom is -0.310 e. The summed E-state index contributed by atoms with van der Waals surface area (Å²) in [6, 6.07) is 75.6. The first kappa shape index (κ1) is 33.2. The van der Waals surface area contributed by atoms with Crippen LogP contribution in [0.3, 0.4) is 0 Å². The molecule has 57 heavy (non-hydrogen) atoms. The topological polar surface area (TPSA) is 8.17 Å². The quantitative estimate of drug-likeness (QED) is 0.165. The predicted octanol–water partition coefficient (Wildman–Crippen LogP) is 15.0. The van der Waals surface area contributed by atoms with E-state index in [1.54, 1.807) is 0 Å². The summed E-state index contributed by atoms with van der Waals surface area (Å²) in [4.78, 5) is 2.38. The van der Waals surface area contributed by atoms with E-state index in [4.69, 9.17) is 0 Å². The standard InChI is InChI=1S/C55H40N2/c1-55(2)51-21-10-8-19-47(51)49-35-50-48-20-9-11-22-53(48)57(54(50)36-52(49)55)46-18-12-17-45(34-46)56(43-29-25-39(26-30-43)37-13-4-3-5-14-37)44-31-27-40(28-32-44)42-24-23-38-15-6-7-16-41(38)33-42/h3-36H,1-2H3. The van der Waals surface area contributed by atoms with E-state index in [1.807, 2.05) is 0 Å². The first-order chi connectivity index (χ1) is 28.0. The van der Waals surface area contributed by atoms with Crippen LogP contribution in [-0.2, 0) is 5.41 Å². The van der Waals surface area contributed by atoms with E-state index < -0.39 is 0 Å². The lowest BCUT2D eigenvalue weighted by Gasteiger charge is -2.27. The minimum absolute atomic E-state index is 0.0923. The average Bonchev–Trinajstić information content (AvgIpc) is 3.71. The molecule has 0 aliphatic heterocycles. The van der Waals surface area contributed by atoms with Gasteiger partial charge in [0.1, 0.15) is 0 Å². The molecule has 0 bridgehead atoms. The fourth-order valence-electron chi connectivity index (χ4n) is 9.27. The molecule has 0 N–H and O–H groups in total. The van der Waals surface area contributed by atoms with Gasteiger partial charge in [-0.25, -0.2) is 0 Å². The molecule has 0 saturated heterocycles. The van der Waals surface area contributed by atoms with Crippen LogP contribution in [0, 0.1) is 0 Å². The van der Waals surface area contributed by atoms with E-state index in [9.17, 15) is 0 Å². The van der Waals surface area contributed by atoms with E-state index >= 15 is 0 Å². The van der Waals surface area contributed by atoms with Crippen LogP contribution in [0.4, 0.5) is 17.1 Å². The van der Waals surface area contributed by atoms with E-state index in [2.05, 4.69) is 230 Å². The highest BCUT2D eigenvalue weighted by atomic mass is 15.1. The van der Waals surface area contributed by atoms with Crippen molar-refractivity contribution in [3.8, 4) is 39.1 Å². The zero-order valence-electron chi connectivity index (χ0n) is 32.0. The molecule has 2 nitrogen and oxygen atoms in total. The fourth-order valence-corrected chi connectivity index (χ4v) is 9.27. The predicted molar refractivity (Wildman–Crippen MR) is 241 cm³/mol. The van der Waals surface area contributed by atoms with Crippen molar-refractivity contribution in [1.82, 2.24) is 4.57 Å². The van der Waals surface area contributed by atoms with Crippen molar-refractivity contribution in [2.45, 2.75) is 19.3 Å². The smallest absolute Gasteiger partial charge is 0.0544 e. The highest BCUT2D eigenvalue weighted by Crippen LogP contribution is 2.51. The maximum Gasteiger partial charge on any atom is 0.0544 e. The van der Waals surface area contributed by atoms with Gasteiger partial charge in [0.25, 0.3) is 0 Å². The van der Waals surface area contributed by atoms with Gasteiger partial charge in [-0.2, -0.15) is 0 Å². The lowest BCUT2D eigenvalue weighted by molar-refractivity contribution is 0.661. The fraction of sp³-hybridized carbons (Fsp3) is 0.0545. The van der Waals surface area contributed by atoms with Crippen molar-refractivity contribution >= 4 is 49.6 Å². The Hall–Kier alpha value is -7.16. The number of hydrogen-bond donors (Lipinski definition) is 0. The zero-order valence-corrected chi connectivity index (χ0v) is 32.0. The molecule has 0 unspecified atom stereocenters. The molecular formula is C55H40N2. The molecule has 0 fully saturated rings. The van der Waals surface area contributed by atoms with Gasteiger partial charge in [0.15, 0.2) is 0 Å². The molecule has 1 aliphatic carbocycles. The summed E-state index contributed by atoms with van der Waals surface area (Å²) < 4.78 is 2.47. The van der Waals surface area contributed by atoms with Crippen molar-refractivity contribution in [3.05, 3.63) is 217 Å². The van der Waals surface area contributed by atoms with Crippen LogP contribution < -0.4 is 4.90 Å². The maximum absolute atomic E-state index is 2.47. The normalized spacial score (nSPS) is 12.9. The molecule has 0 atom stereocenters. The van der Waals surface area contributed by atoms with Gasteiger partial charge in [-0.15, -0.1) is 0 Å². The molecule has 270 valence electrons. The summed E-state index contributed by atoms with van der Waals surface area (Å²) in [6.07, 6.45) is 0. The summed E-state index contributed by atoms with van der Waals surface area (Å²) in [5.74, 6) is 0. The van der Waals surface area contributed by atoms with Crippen LogP contribution in [0.15, 0.2) is 206 Å². The van der Waals surface area contributed by atoms with E-state index in [0.717, 1.165) is 22.7 Å². The average molecular weight is 729 g/mol. The molecule has 1 aliphatic rings. The number of anilines is 3. The highest BCUT2D eigenvalue weighted by molar-refractivity contribution is 6.11. The summed E-state index contributed by atoms with van der Waals surface area (Å²) in [7, 11) is 0. The number of aromatic nitrogens is 1. The van der Waals surface area contributed by atoms with Gasteiger partial charge >= 0.3 is 0 Å². The SMILES string of the molecule is CC1(C)c2ccccc2-c2cc3c4ccccc4n(-c4cccc(N(c5ccc(-c6ccccc6)cc5)c5ccc(-c6ccc7ccccc7c6)cc5)c4)c3cc21. The molecule has 1 heterocycles. The molecule has 10 aromatic rings. The molecule has 11 rings (SSSR count). The molecule has 0 radical (unpaired) electrons. The molecule has 0 spiro atoms. The zero-order chi connectivity index (χ0) is 38.1. The Morgan fingerprint density at radius 2 is 1.00 bits per heavy atom. The van der Waals surface area contributed by atoms with Gasteiger partial charge in [-0.3, -0.25) is 0 Å². The minimum atomic E-state index is -0.0923. The molecule has 9 aromatic carbocycles. The molecule has 2 heteroatoms. The lowest BCUT2D eigenvalue weighted by Crippen LogP contribution is -2.15. The van der Waals surface area contributed by atoms with Crippen molar-refractivity contribution in [2.75, 3.05) is 4.90 Å². The Labute approximate surface area is 333 Å². The van der Waals surface area contributed by atoms with Crippen molar-refractivity contribution < 1.29 is 0 Å². The third-order valence-corrected chi connectivity index (χ3v) is 12.2.